The number of fused-ring (bicyclic) bond motifs is 2. The van der Waals surface area contributed by atoms with Gasteiger partial charge in [0.1, 0.15) is 5.82 Å². The minimum Gasteiger partial charge on any atom is -0.306 e. The fourth-order valence-electron chi connectivity index (χ4n) is 2.82. The van der Waals surface area contributed by atoms with Crippen molar-refractivity contribution in [3.63, 3.8) is 0 Å². The van der Waals surface area contributed by atoms with Crippen molar-refractivity contribution in [2.24, 2.45) is 0 Å². The molecule has 1 nitrogen and oxygen atoms in total. The first-order valence-electron chi connectivity index (χ1n) is 7.75. The van der Waals surface area contributed by atoms with Crippen LogP contribution in [0.15, 0.2) is 58.3 Å². The predicted molar refractivity (Wildman–Crippen MR) is 91.5 cm³/mol. The van der Waals surface area contributed by atoms with Crippen molar-refractivity contribution in [2.75, 3.05) is 20.6 Å². The lowest BCUT2D eigenvalue weighted by Crippen LogP contribution is -2.13. The number of allylic oxidation sites excluding steroid dienone is 1. The zero-order valence-electron chi connectivity index (χ0n) is 13.8. The lowest BCUT2D eigenvalue weighted by atomic mass is 9.89. The van der Waals surface area contributed by atoms with Crippen molar-refractivity contribution in [3.8, 4) is 0 Å². The summed E-state index contributed by atoms with van der Waals surface area (Å²) in [5, 5.41) is 0. The van der Waals surface area contributed by atoms with Gasteiger partial charge in [-0.25, -0.2) is 4.39 Å². The lowest BCUT2D eigenvalue weighted by Gasteiger charge is -2.27. The molecular weight excluding hydrogens is 350 g/mol. The summed E-state index contributed by atoms with van der Waals surface area (Å²) in [5.41, 5.74) is 0.769. The predicted octanol–water partition coefficient (Wildman–Crippen LogP) is 5.56. The quantitative estimate of drug-likeness (QED) is 0.516. The molecule has 3 rings (SSSR count). The average Bonchev–Trinajstić information content (AvgIpc) is 2.52. The third-order valence-electron chi connectivity index (χ3n) is 4.00. The Morgan fingerprint density at radius 2 is 1.80 bits per heavy atom. The highest BCUT2D eigenvalue weighted by Gasteiger charge is 2.33. The fourth-order valence-corrected chi connectivity index (χ4v) is 3.98. The van der Waals surface area contributed by atoms with E-state index in [-0.39, 0.29) is 11.7 Å². The van der Waals surface area contributed by atoms with Gasteiger partial charge in [0.15, 0.2) is 0 Å². The monoisotopic (exact) mass is 367 g/mol. The van der Waals surface area contributed by atoms with E-state index < -0.39 is 11.7 Å². The van der Waals surface area contributed by atoms with Gasteiger partial charge in [0, 0.05) is 22.3 Å². The Balaban J connectivity index is 2.09. The van der Waals surface area contributed by atoms with E-state index >= 15 is 0 Å². The maximum atomic E-state index is 13.6. The van der Waals surface area contributed by atoms with Crippen LogP contribution in [0.1, 0.15) is 22.6 Å². The Labute approximate surface area is 148 Å². The van der Waals surface area contributed by atoms with Crippen LogP contribution in [0.2, 0.25) is 0 Å². The summed E-state index contributed by atoms with van der Waals surface area (Å²) in [6.45, 7) is 0.675. The normalized spacial score (nSPS) is 17.0. The number of nitrogens with zero attached hydrogens (tertiary/aromatic N) is 1. The Morgan fingerprint density at radius 3 is 2.48 bits per heavy atom. The first-order valence-corrected chi connectivity index (χ1v) is 8.57. The molecule has 0 saturated carbocycles. The molecule has 2 aromatic rings. The van der Waals surface area contributed by atoms with Crippen molar-refractivity contribution in [1.29, 1.82) is 0 Å². The Bertz CT molecular complexity index is 812. The van der Waals surface area contributed by atoms with Gasteiger partial charge < -0.3 is 4.90 Å². The third kappa shape index (κ3) is 3.90. The maximum absolute atomic E-state index is 13.6. The van der Waals surface area contributed by atoms with Crippen molar-refractivity contribution < 1.29 is 17.6 Å². The molecule has 2 aromatic carbocycles. The van der Waals surface area contributed by atoms with Gasteiger partial charge in [0.05, 0.1) is 5.56 Å². The van der Waals surface area contributed by atoms with E-state index in [4.69, 9.17) is 0 Å². The highest BCUT2D eigenvalue weighted by molar-refractivity contribution is 7.99. The third-order valence-corrected chi connectivity index (χ3v) is 5.17. The molecule has 25 heavy (non-hydrogen) atoms. The van der Waals surface area contributed by atoms with Crippen LogP contribution < -0.4 is 0 Å². The standard InChI is InChI=1S/C19H17F4NS/c1-24(2)9-3-4-14-15-7-6-13(20)11-18(15)25-17-8-5-12(10-16(14)17)19(21,22)23/h3-8,10-11,14H,9H2,1-2H3. The molecule has 0 saturated heterocycles. The van der Waals surface area contributed by atoms with Crippen LogP contribution in [-0.4, -0.2) is 25.5 Å². The lowest BCUT2D eigenvalue weighted by molar-refractivity contribution is -0.137. The van der Waals surface area contributed by atoms with Gasteiger partial charge >= 0.3 is 6.18 Å². The number of likely N-dealkylation sites (N-methyl/N-ethyl adjacent to an activating group) is 1. The van der Waals surface area contributed by atoms with Gasteiger partial charge in [0.25, 0.3) is 0 Å². The van der Waals surface area contributed by atoms with Crippen molar-refractivity contribution in [3.05, 3.63) is 71.1 Å². The van der Waals surface area contributed by atoms with Gasteiger partial charge in [-0.15, -0.1) is 0 Å². The molecule has 0 fully saturated rings. The molecule has 1 heterocycles. The highest BCUT2D eigenvalue weighted by atomic mass is 32.2. The number of hydrogen-bond donors (Lipinski definition) is 0. The van der Waals surface area contributed by atoms with E-state index in [0.717, 1.165) is 21.4 Å². The molecule has 0 radical (unpaired) electrons. The summed E-state index contributed by atoms with van der Waals surface area (Å²) in [4.78, 5) is 3.43. The smallest absolute Gasteiger partial charge is 0.306 e. The first-order chi connectivity index (χ1) is 11.8. The highest BCUT2D eigenvalue weighted by Crippen LogP contribution is 2.48. The Kier molecular flexibility index (Phi) is 4.93. The van der Waals surface area contributed by atoms with Crippen LogP contribution in [0.5, 0.6) is 0 Å². The minimum absolute atomic E-state index is 0.325. The molecular formula is C19H17F4NS. The van der Waals surface area contributed by atoms with Gasteiger partial charge in [0.2, 0.25) is 0 Å². The summed E-state index contributed by atoms with van der Waals surface area (Å²) in [5.74, 6) is -0.674. The molecule has 0 N–H and O–H groups in total. The number of halogens is 4. The van der Waals surface area contributed by atoms with Crippen LogP contribution in [0.25, 0.3) is 0 Å². The van der Waals surface area contributed by atoms with Gasteiger partial charge in [-0.1, -0.05) is 30.0 Å². The zero-order valence-corrected chi connectivity index (χ0v) is 14.6. The van der Waals surface area contributed by atoms with E-state index in [1.807, 2.05) is 31.1 Å². The summed E-state index contributed by atoms with van der Waals surface area (Å²) in [6, 6.07) is 8.21. The second-order valence-electron chi connectivity index (χ2n) is 6.20. The molecule has 0 spiro atoms. The Morgan fingerprint density at radius 1 is 1.04 bits per heavy atom. The summed E-state index contributed by atoms with van der Waals surface area (Å²) in [7, 11) is 3.83. The first kappa shape index (κ1) is 18.0. The molecule has 0 bridgehead atoms. The van der Waals surface area contributed by atoms with Crippen molar-refractivity contribution in [2.45, 2.75) is 21.9 Å². The van der Waals surface area contributed by atoms with E-state index in [2.05, 4.69) is 0 Å². The minimum atomic E-state index is -4.39. The molecule has 1 aliphatic heterocycles. The second-order valence-corrected chi connectivity index (χ2v) is 7.29. The van der Waals surface area contributed by atoms with Crippen molar-refractivity contribution >= 4 is 11.8 Å². The van der Waals surface area contributed by atoms with Gasteiger partial charge in [-0.05, 0) is 55.6 Å². The van der Waals surface area contributed by atoms with Crippen LogP contribution in [0.3, 0.4) is 0 Å². The molecule has 0 aliphatic carbocycles. The van der Waals surface area contributed by atoms with Crippen molar-refractivity contribution in [1.82, 2.24) is 4.90 Å². The summed E-state index contributed by atoms with van der Waals surface area (Å²) < 4.78 is 52.9. The van der Waals surface area contributed by atoms with Crippen LogP contribution in [-0.2, 0) is 6.18 Å². The van der Waals surface area contributed by atoms with E-state index in [0.29, 0.717) is 12.1 Å². The molecule has 0 amide bonds. The number of hydrogen-bond acceptors (Lipinski definition) is 2. The van der Waals surface area contributed by atoms with Gasteiger partial charge in [-0.3, -0.25) is 0 Å². The molecule has 6 heteroatoms. The summed E-state index contributed by atoms with van der Waals surface area (Å²) in [6.07, 6.45) is -0.562. The molecule has 1 aliphatic rings. The average molecular weight is 367 g/mol. The second kappa shape index (κ2) is 6.84. The molecule has 1 unspecified atom stereocenters. The summed E-state index contributed by atoms with van der Waals surface area (Å²) >= 11 is 1.31. The van der Waals surface area contributed by atoms with E-state index in [1.165, 1.54) is 36.0 Å². The zero-order chi connectivity index (χ0) is 18.2. The van der Waals surface area contributed by atoms with Crippen LogP contribution >= 0.6 is 11.8 Å². The number of benzene rings is 2. The molecule has 1 atom stereocenters. The fraction of sp³-hybridized carbons (Fsp3) is 0.263. The van der Waals surface area contributed by atoms with Crippen LogP contribution in [0, 0.1) is 5.82 Å². The molecule has 0 aromatic heterocycles. The van der Waals surface area contributed by atoms with Crippen LogP contribution in [0.4, 0.5) is 17.6 Å². The topological polar surface area (TPSA) is 3.24 Å². The number of rotatable bonds is 3. The molecule has 132 valence electrons. The van der Waals surface area contributed by atoms with Gasteiger partial charge in [-0.2, -0.15) is 13.2 Å². The Hall–Kier alpha value is -1.79. The maximum Gasteiger partial charge on any atom is 0.416 e. The van der Waals surface area contributed by atoms with E-state index in [1.54, 1.807) is 6.07 Å². The largest absolute Gasteiger partial charge is 0.416 e. The van der Waals surface area contributed by atoms with E-state index in [9.17, 15) is 17.6 Å². The number of alkyl halides is 3. The SMILES string of the molecule is CN(C)CC=CC1c2ccc(F)cc2Sc2ccc(C(F)(F)F)cc21.